The van der Waals surface area contributed by atoms with Crippen molar-refractivity contribution in [1.29, 1.82) is 0 Å². The van der Waals surface area contributed by atoms with Crippen LogP contribution in [-0.2, 0) is 4.74 Å². The molecule has 0 bridgehead atoms. The Morgan fingerprint density at radius 2 is 1.64 bits per heavy atom. The molecule has 0 radical (unpaired) electrons. The van der Waals surface area contributed by atoms with Crippen LogP contribution in [0.1, 0.15) is 17.3 Å². The summed E-state index contributed by atoms with van der Waals surface area (Å²) in [7, 11) is 0. The SMILES string of the molecule is CCOC(=O)c1c(O)cc(-c2ccccc2)cc1-c1ccc(Cl)cc1. The molecule has 0 amide bonds. The van der Waals surface area contributed by atoms with Crippen molar-refractivity contribution < 1.29 is 14.6 Å². The molecule has 3 rings (SSSR count). The first kappa shape index (κ1) is 17.1. The predicted octanol–water partition coefficient (Wildman–Crippen LogP) is 5.56. The fourth-order valence-corrected chi connectivity index (χ4v) is 2.82. The molecule has 1 N–H and O–H groups in total. The van der Waals surface area contributed by atoms with Crippen LogP contribution in [0.25, 0.3) is 22.3 Å². The van der Waals surface area contributed by atoms with E-state index in [1.54, 1.807) is 25.1 Å². The first-order valence-corrected chi connectivity index (χ1v) is 8.33. The molecule has 3 aromatic carbocycles. The van der Waals surface area contributed by atoms with Gasteiger partial charge in [-0.05, 0) is 47.9 Å². The molecule has 0 aromatic heterocycles. The number of hydrogen-bond acceptors (Lipinski definition) is 3. The van der Waals surface area contributed by atoms with Gasteiger partial charge in [-0.25, -0.2) is 4.79 Å². The lowest BCUT2D eigenvalue weighted by Crippen LogP contribution is -2.07. The molecular formula is C21H17ClO3. The van der Waals surface area contributed by atoms with Gasteiger partial charge in [-0.3, -0.25) is 0 Å². The zero-order valence-electron chi connectivity index (χ0n) is 13.7. The number of ether oxygens (including phenoxy) is 1. The van der Waals surface area contributed by atoms with E-state index in [1.165, 1.54) is 0 Å². The monoisotopic (exact) mass is 352 g/mol. The number of aromatic hydroxyl groups is 1. The quantitative estimate of drug-likeness (QED) is 0.625. The molecule has 0 aliphatic rings. The second-order valence-corrected chi connectivity index (χ2v) is 5.95. The molecule has 0 fully saturated rings. The highest BCUT2D eigenvalue weighted by atomic mass is 35.5. The van der Waals surface area contributed by atoms with E-state index in [0.717, 1.165) is 16.7 Å². The van der Waals surface area contributed by atoms with Gasteiger partial charge in [0.2, 0.25) is 0 Å². The van der Waals surface area contributed by atoms with Crippen LogP contribution in [0, 0.1) is 0 Å². The topological polar surface area (TPSA) is 46.5 Å². The molecule has 25 heavy (non-hydrogen) atoms. The third-order valence-electron chi connectivity index (χ3n) is 3.86. The first-order valence-electron chi connectivity index (χ1n) is 7.95. The average Bonchev–Trinajstić information content (AvgIpc) is 2.62. The number of benzene rings is 3. The molecule has 0 aliphatic heterocycles. The maximum Gasteiger partial charge on any atom is 0.342 e. The van der Waals surface area contributed by atoms with E-state index in [9.17, 15) is 9.90 Å². The van der Waals surface area contributed by atoms with Crippen molar-refractivity contribution >= 4 is 17.6 Å². The highest BCUT2D eigenvalue weighted by molar-refractivity contribution is 6.30. The average molecular weight is 353 g/mol. The van der Waals surface area contributed by atoms with Crippen LogP contribution in [-0.4, -0.2) is 17.7 Å². The van der Waals surface area contributed by atoms with Crippen molar-refractivity contribution in [1.82, 2.24) is 0 Å². The van der Waals surface area contributed by atoms with Crippen molar-refractivity contribution in [3.8, 4) is 28.0 Å². The summed E-state index contributed by atoms with van der Waals surface area (Å²) in [5, 5.41) is 11.1. The lowest BCUT2D eigenvalue weighted by atomic mass is 9.93. The Balaban J connectivity index is 2.21. The van der Waals surface area contributed by atoms with Gasteiger partial charge in [-0.2, -0.15) is 0 Å². The zero-order chi connectivity index (χ0) is 17.8. The van der Waals surface area contributed by atoms with Gasteiger partial charge in [-0.15, -0.1) is 0 Å². The maximum atomic E-state index is 12.4. The van der Waals surface area contributed by atoms with Gasteiger partial charge in [0.1, 0.15) is 11.3 Å². The third kappa shape index (κ3) is 3.67. The van der Waals surface area contributed by atoms with E-state index in [-0.39, 0.29) is 17.9 Å². The van der Waals surface area contributed by atoms with E-state index < -0.39 is 5.97 Å². The van der Waals surface area contributed by atoms with Crippen LogP contribution in [0.4, 0.5) is 0 Å². The van der Waals surface area contributed by atoms with Gasteiger partial charge in [-0.1, -0.05) is 54.1 Å². The van der Waals surface area contributed by atoms with Crippen molar-refractivity contribution in [3.05, 3.63) is 77.3 Å². The normalized spacial score (nSPS) is 10.5. The summed E-state index contributed by atoms with van der Waals surface area (Å²) in [6.45, 7) is 1.97. The van der Waals surface area contributed by atoms with Gasteiger partial charge in [0.15, 0.2) is 0 Å². The number of hydrogen-bond donors (Lipinski definition) is 1. The molecule has 3 nitrogen and oxygen atoms in total. The van der Waals surface area contributed by atoms with Crippen LogP contribution < -0.4 is 0 Å². The van der Waals surface area contributed by atoms with E-state index in [0.29, 0.717) is 10.6 Å². The second kappa shape index (κ2) is 7.41. The molecule has 0 unspecified atom stereocenters. The molecule has 0 spiro atoms. The van der Waals surface area contributed by atoms with Crippen molar-refractivity contribution in [2.24, 2.45) is 0 Å². The Morgan fingerprint density at radius 3 is 2.28 bits per heavy atom. The van der Waals surface area contributed by atoms with Crippen LogP contribution in [0.2, 0.25) is 5.02 Å². The second-order valence-electron chi connectivity index (χ2n) is 5.51. The maximum absolute atomic E-state index is 12.4. The van der Waals surface area contributed by atoms with Crippen molar-refractivity contribution in [2.75, 3.05) is 6.61 Å². The minimum Gasteiger partial charge on any atom is -0.507 e. The zero-order valence-corrected chi connectivity index (χ0v) is 14.5. The number of rotatable bonds is 4. The summed E-state index contributed by atoms with van der Waals surface area (Å²) in [5.41, 5.74) is 3.30. The Labute approximate surface area is 151 Å². The van der Waals surface area contributed by atoms with E-state index in [1.807, 2.05) is 48.5 Å². The van der Waals surface area contributed by atoms with Gasteiger partial charge in [0.05, 0.1) is 6.61 Å². The number of halogens is 1. The van der Waals surface area contributed by atoms with Gasteiger partial charge in [0, 0.05) is 10.6 Å². The molecule has 3 aromatic rings. The number of phenolic OH excluding ortho intramolecular Hbond substituents is 1. The molecule has 4 heteroatoms. The Hall–Kier alpha value is -2.78. The van der Waals surface area contributed by atoms with Crippen LogP contribution >= 0.6 is 11.6 Å². The Morgan fingerprint density at radius 1 is 0.960 bits per heavy atom. The fourth-order valence-electron chi connectivity index (χ4n) is 2.70. The molecule has 0 heterocycles. The summed E-state index contributed by atoms with van der Waals surface area (Å²) < 4.78 is 5.12. The number of carbonyl (C=O) groups is 1. The van der Waals surface area contributed by atoms with Crippen LogP contribution in [0.3, 0.4) is 0 Å². The van der Waals surface area contributed by atoms with Gasteiger partial charge >= 0.3 is 5.97 Å². The minimum atomic E-state index is -0.551. The van der Waals surface area contributed by atoms with E-state index in [4.69, 9.17) is 16.3 Å². The molecule has 0 aliphatic carbocycles. The summed E-state index contributed by atoms with van der Waals surface area (Å²) in [6.07, 6.45) is 0. The van der Waals surface area contributed by atoms with Crippen molar-refractivity contribution in [2.45, 2.75) is 6.92 Å². The lowest BCUT2D eigenvalue weighted by molar-refractivity contribution is 0.0524. The van der Waals surface area contributed by atoms with E-state index in [2.05, 4.69) is 0 Å². The Bertz CT molecular complexity index is 887. The minimum absolute atomic E-state index is 0.107. The molecule has 126 valence electrons. The highest BCUT2D eigenvalue weighted by Crippen LogP contribution is 2.36. The molecule has 0 saturated carbocycles. The largest absolute Gasteiger partial charge is 0.507 e. The fraction of sp³-hybridized carbons (Fsp3) is 0.0952. The Kier molecular flexibility index (Phi) is 5.05. The van der Waals surface area contributed by atoms with Gasteiger partial charge in [0.25, 0.3) is 0 Å². The molecule has 0 atom stereocenters. The highest BCUT2D eigenvalue weighted by Gasteiger charge is 2.20. The molecular weight excluding hydrogens is 336 g/mol. The lowest BCUT2D eigenvalue weighted by Gasteiger charge is -2.14. The summed E-state index contributed by atoms with van der Waals surface area (Å²) in [6, 6.07) is 20.3. The number of phenols is 1. The summed E-state index contributed by atoms with van der Waals surface area (Å²) in [5.74, 6) is -0.658. The standard InChI is InChI=1S/C21H17ClO3/c1-2-25-21(24)20-18(15-8-10-17(22)11-9-15)12-16(13-19(20)23)14-6-4-3-5-7-14/h3-13,23H,2H2,1H3. The first-order chi connectivity index (χ1) is 12.1. The number of esters is 1. The van der Waals surface area contributed by atoms with E-state index >= 15 is 0 Å². The predicted molar refractivity (Wildman–Crippen MR) is 99.9 cm³/mol. The number of carbonyl (C=O) groups excluding carboxylic acids is 1. The van der Waals surface area contributed by atoms with Crippen LogP contribution in [0.5, 0.6) is 5.75 Å². The summed E-state index contributed by atoms with van der Waals surface area (Å²) in [4.78, 5) is 12.4. The smallest absolute Gasteiger partial charge is 0.342 e. The van der Waals surface area contributed by atoms with Gasteiger partial charge < -0.3 is 9.84 Å². The van der Waals surface area contributed by atoms with Crippen molar-refractivity contribution in [3.63, 3.8) is 0 Å². The molecule has 0 saturated heterocycles. The van der Waals surface area contributed by atoms with Crippen LogP contribution in [0.15, 0.2) is 66.7 Å². The third-order valence-corrected chi connectivity index (χ3v) is 4.11. The summed E-state index contributed by atoms with van der Waals surface area (Å²) >= 11 is 5.97.